The summed E-state index contributed by atoms with van der Waals surface area (Å²) in [4.78, 5) is 25.5. The number of para-hydroxylation sites is 1. The molecular formula is C24H24N2O4S. The number of nitrogens with one attached hydrogen (secondary N) is 1. The summed E-state index contributed by atoms with van der Waals surface area (Å²) >= 11 is 0. The van der Waals surface area contributed by atoms with Crippen LogP contribution in [0.4, 0.5) is 5.69 Å². The molecule has 0 aliphatic rings. The molecule has 0 aliphatic carbocycles. The molecule has 0 saturated heterocycles. The first-order chi connectivity index (χ1) is 14.7. The zero-order valence-corrected chi connectivity index (χ0v) is 18.2. The van der Waals surface area contributed by atoms with Crippen molar-refractivity contribution in [3.63, 3.8) is 0 Å². The number of carbonyl (C=O) groups is 2. The molecule has 160 valence electrons. The van der Waals surface area contributed by atoms with Crippen molar-refractivity contribution in [2.45, 2.75) is 13.5 Å². The minimum absolute atomic E-state index is 0.0805. The second-order valence-electron chi connectivity index (χ2n) is 7.31. The first kappa shape index (κ1) is 22.4. The molecule has 0 bridgehead atoms. The molecule has 6 nitrogen and oxygen atoms in total. The maximum absolute atomic E-state index is 12.8. The van der Waals surface area contributed by atoms with Crippen molar-refractivity contribution in [2.24, 2.45) is 0 Å². The van der Waals surface area contributed by atoms with Crippen molar-refractivity contribution in [3.05, 3.63) is 101 Å². The third-order valence-electron chi connectivity index (χ3n) is 4.75. The first-order valence-corrected chi connectivity index (χ1v) is 11.6. The molecule has 0 atom stereocenters. The monoisotopic (exact) mass is 436 g/mol. The Bertz CT molecular complexity index is 1170. The lowest BCUT2D eigenvalue weighted by atomic mass is 10.0. The molecule has 7 heteroatoms. The molecule has 0 unspecified atom stereocenters. The highest BCUT2D eigenvalue weighted by molar-refractivity contribution is 7.88. The summed E-state index contributed by atoms with van der Waals surface area (Å²) in [5.74, 6) is -0.748. The highest BCUT2D eigenvalue weighted by Gasteiger charge is 2.22. The topological polar surface area (TPSA) is 83.6 Å². The SMILES string of the molecule is Cc1ccc(CN(CC(=O)Nc2ccccc2C(=O)c2ccccc2)S(C)(=O)=O)cc1. The average molecular weight is 437 g/mol. The number of aryl methyl sites for hydroxylation is 1. The lowest BCUT2D eigenvalue weighted by Crippen LogP contribution is -2.37. The fraction of sp³-hybridized carbons (Fsp3) is 0.167. The van der Waals surface area contributed by atoms with Gasteiger partial charge in [0.1, 0.15) is 0 Å². The van der Waals surface area contributed by atoms with Gasteiger partial charge >= 0.3 is 0 Å². The number of anilines is 1. The van der Waals surface area contributed by atoms with Gasteiger partial charge in [-0.15, -0.1) is 0 Å². The maximum atomic E-state index is 12.8. The number of rotatable bonds is 8. The Morgan fingerprint density at radius 2 is 1.48 bits per heavy atom. The molecule has 3 rings (SSSR count). The van der Waals surface area contributed by atoms with Crippen LogP contribution in [0.25, 0.3) is 0 Å². The van der Waals surface area contributed by atoms with Gasteiger partial charge in [-0.1, -0.05) is 72.3 Å². The van der Waals surface area contributed by atoms with E-state index in [-0.39, 0.29) is 18.9 Å². The Morgan fingerprint density at radius 1 is 0.871 bits per heavy atom. The van der Waals surface area contributed by atoms with E-state index in [4.69, 9.17) is 0 Å². The lowest BCUT2D eigenvalue weighted by Gasteiger charge is -2.20. The lowest BCUT2D eigenvalue weighted by molar-refractivity contribution is -0.116. The Hall–Kier alpha value is -3.29. The first-order valence-electron chi connectivity index (χ1n) is 9.73. The van der Waals surface area contributed by atoms with Crippen LogP contribution in [0, 0.1) is 6.92 Å². The van der Waals surface area contributed by atoms with Crippen molar-refractivity contribution in [3.8, 4) is 0 Å². The number of carbonyl (C=O) groups excluding carboxylic acids is 2. The van der Waals surface area contributed by atoms with E-state index in [0.717, 1.165) is 21.7 Å². The number of sulfonamides is 1. The van der Waals surface area contributed by atoms with Gasteiger partial charge in [0.05, 0.1) is 18.5 Å². The van der Waals surface area contributed by atoms with Gasteiger partial charge in [-0.2, -0.15) is 4.31 Å². The minimum atomic E-state index is -3.62. The molecule has 0 heterocycles. The van der Waals surface area contributed by atoms with E-state index in [2.05, 4.69) is 5.32 Å². The van der Waals surface area contributed by atoms with Crippen LogP contribution in [0.1, 0.15) is 27.0 Å². The second kappa shape index (κ2) is 9.68. The molecule has 0 fully saturated rings. The highest BCUT2D eigenvalue weighted by Crippen LogP contribution is 2.20. The van der Waals surface area contributed by atoms with E-state index in [1.807, 2.05) is 37.3 Å². The molecule has 1 N–H and O–H groups in total. The Morgan fingerprint density at radius 3 is 2.13 bits per heavy atom. The molecule has 1 amide bonds. The normalized spacial score (nSPS) is 11.3. The zero-order valence-electron chi connectivity index (χ0n) is 17.4. The van der Waals surface area contributed by atoms with E-state index < -0.39 is 15.9 Å². The predicted octanol–water partition coefficient (Wildman–Crippen LogP) is 3.63. The van der Waals surface area contributed by atoms with Crippen LogP contribution in [0.3, 0.4) is 0 Å². The number of ketones is 1. The number of nitrogens with zero attached hydrogens (tertiary/aromatic N) is 1. The van der Waals surface area contributed by atoms with Crippen LogP contribution in [0.2, 0.25) is 0 Å². The molecular weight excluding hydrogens is 412 g/mol. The van der Waals surface area contributed by atoms with Gasteiger partial charge in [-0.25, -0.2) is 8.42 Å². The predicted molar refractivity (Wildman–Crippen MR) is 121 cm³/mol. The number of hydrogen-bond donors (Lipinski definition) is 1. The van der Waals surface area contributed by atoms with Crippen molar-refractivity contribution >= 4 is 27.4 Å². The zero-order chi connectivity index (χ0) is 22.4. The summed E-state index contributed by atoms with van der Waals surface area (Å²) in [5.41, 5.74) is 3.02. The van der Waals surface area contributed by atoms with Gasteiger partial charge in [0.15, 0.2) is 5.78 Å². The average Bonchev–Trinajstić information content (AvgIpc) is 2.74. The summed E-state index contributed by atoms with van der Waals surface area (Å²) in [6.45, 7) is 1.66. The van der Waals surface area contributed by atoms with E-state index in [9.17, 15) is 18.0 Å². The standard InChI is InChI=1S/C24H24N2O4S/c1-18-12-14-19(15-13-18)16-26(31(2,29)30)17-23(27)25-22-11-7-6-10-21(22)24(28)20-8-4-3-5-9-20/h3-15H,16-17H2,1-2H3,(H,25,27). The van der Waals surface area contributed by atoms with Crippen molar-refractivity contribution < 1.29 is 18.0 Å². The molecule has 3 aromatic rings. The van der Waals surface area contributed by atoms with Crippen LogP contribution in [-0.4, -0.2) is 37.2 Å². The fourth-order valence-corrected chi connectivity index (χ4v) is 3.81. The molecule has 0 aliphatic heterocycles. The Kier molecular flexibility index (Phi) is 6.99. The van der Waals surface area contributed by atoms with Crippen molar-refractivity contribution in [1.82, 2.24) is 4.31 Å². The number of benzene rings is 3. The molecule has 0 spiro atoms. The molecule has 0 saturated carbocycles. The summed E-state index contributed by atoms with van der Waals surface area (Å²) in [5, 5.41) is 2.69. The van der Waals surface area contributed by atoms with E-state index in [1.54, 1.807) is 48.5 Å². The smallest absolute Gasteiger partial charge is 0.239 e. The minimum Gasteiger partial charge on any atom is -0.324 e. The van der Waals surface area contributed by atoms with Crippen LogP contribution < -0.4 is 5.32 Å². The summed E-state index contributed by atoms with van der Waals surface area (Å²) < 4.78 is 25.6. The fourth-order valence-electron chi connectivity index (χ4n) is 3.07. The van der Waals surface area contributed by atoms with E-state index in [1.165, 1.54) is 0 Å². The van der Waals surface area contributed by atoms with Gasteiger partial charge in [0.25, 0.3) is 0 Å². The van der Waals surface area contributed by atoms with Gasteiger partial charge in [0, 0.05) is 17.7 Å². The van der Waals surface area contributed by atoms with Crippen LogP contribution >= 0.6 is 0 Å². The highest BCUT2D eigenvalue weighted by atomic mass is 32.2. The quantitative estimate of drug-likeness (QED) is 0.547. The van der Waals surface area contributed by atoms with Gasteiger partial charge < -0.3 is 5.32 Å². The molecule has 0 radical (unpaired) electrons. The van der Waals surface area contributed by atoms with Crippen LogP contribution in [-0.2, 0) is 21.4 Å². The number of amides is 1. The van der Waals surface area contributed by atoms with Crippen molar-refractivity contribution in [1.29, 1.82) is 0 Å². The summed E-state index contributed by atoms with van der Waals surface area (Å²) in [7, 11) is -3.62. The third kappa shape index (κ3) is 6.10. The van der Waals surface area contributed by atoms with Crippen molar-refractivity contribution in [2.75, 3.05) is 18.1 Å². The largest absolute Gasteiger partial charge is 0.324 e. The maximum Gasteiger partial charge on any atom is 0.239 e. The van der Waals surface area contributed by atoms with Gasteiger partial charge in [-0.3, -0.25) is 9.59 Å². The van der Waals surface area contributed by atoms with Crippen LogP contribution in [0.15, 0.2) is 78.9 Å². The second-order valence-corrected chi connectivity index (χ2v) is 9.29. The molecule has 3 aromatic carbocycles. The number of hydrogen-bond acceptors (Lipinski definition) is 4. The van der Waals surface area contributed by atoms with Gasteiger partial charge in [0.2, 0.25) is 15.9 Å². The Labute approximate surface area is 182 Å². The Balaban J connectivity index is 1.77. The van der Waals surface area contributed by atoms with Crippen LogP contribution in [0.5, 0.6) is 0 Å². The third-order valence-corrected chi connectivity index (χ3v) is 5.95. The van der Waals surface area contributed by atoms with Gasteiger partial charge in [-0.05, 0) is 24.6 Å². The molecule has 0 aromatic heterocycles. The summed E-state index contributed by atoms with van der Waals surface area (Å²) in [6.07, 6.45) is 1.07. The summed E-state index contributed by atoms with van der Waals surface area (Å²) in [6, 6.07) is 22.9. The van der Waals surface area contributed by atoms with E-state index in [0.29, 0.717) is 16.8 Å². The van der Waals surface area contributed by atoms with E-state index >= 15 is 0 Å². The molecule has 31 heavy (non-hydrogen) atoms.